The molecule has 4 rings (SSSR count). The summed E-state index contributed by atoms with van der Waals surface area (Å²) in [5, 5.41) is 20.6. The zero-order valence-electron chi connectivity index (χ0n) is 32.0. The first-order valence-electron chi connectivity index (χ1n) is 18.0. The van der Waals surface area contributed by atoms with Gasteiger partial charge in [0.25, 0.3) is 0 Å². The number of carboxylic acids is 1. The number of rotatable bonds is 14. The minimum absolute atomic E-state index is 0.0522. The summed E-state index contributed by atoms with van der Waals surface area (Å²) in [5.41, 5.74) is -0.732. The summed E-state index contributed by atoms with van der Waals surface area (Å²) < 4.78 is 16.5. The number of hydrogen-bond acceptors (Lipinski definition) is 11. The maximum Gasteiger partial charge on any atom is 0.334 e. The van der Waals surface area contributed by atoms with Crippen molar-refractivity contribution in [3.8, 4) is 5.75 Å². The fraction of sp³-hybridized carbons (Fsp3) is 0.537. The molecule has 0 bridgehead atoms. The number of esters is 3. The van der Waals surface area contributed by atoms with Gasteiger partial charge < -0.3 is 24.4 Å². The van der Waals surface area contributed by atoms with Crippen LogP contribution in [0.25, 0.3) is 10.9 Å². The first kappa shape index (κ1) is 40.9. The summed E-state index contributed by atoms with van der Waals surface area (Å²) in [5.74, 6) is -5.99. The van der Waals surface area contributed by atoms with E-state index in [4.69, 9.17) is 19.3 Å². The summed E-state index contributed by atoms with van der Waals surface area (Å²) in [4.78, 5) is 82.5. The standard InChI is InChI=1S/C41H51NO11/c1-22(2)24-11-13-29-26(16-24)17-30(43)34(42-29)33-35(47)28-12-10-25(18-40(28,8)36(33)48)37(49)51-19-27(53-32(46)15-14-31(44)45)20-52-38(50)41(9,23(3)4)21-39(5,6)7/h10-13,16-17,22-23,27,33,43H,14-15,18-21H2,1-9H3,(H,44,45). The molecule has 53 heavy (non-hydrogen) atoms. The summed E-state index contributed by atoms with van der Waals surface area (Å²) in [7, 11) is 0. The SMILES string of the molecule is CC(C)c1ccc2nc(C3C(=O)C4=CC=C(C(=O)OCC(COC(=O)C(C)(CC(C)(C)C)C(C)C)OC(=O)CCC(=O)O)CC4(C)C3=O)c(O)cc2c1. The first-order valence-corrected chi connectivity index (χ1v) is 18.0. The average molecular weight is 734 g/mol. The maximum absolute atomic E-state index is 14.0. The Bertz CT molecular complexity index is 1880. The van der Waals surface area contributed by atoms with Crippen molar-refractivity contribution < 1.29 is 53.2 Å². The molecule has 1 fully saturated rings. The van der Waals surface area contributed by atoms with Gasteiger partial charge in [-0.1, -0.05) is 66.7 Å². The highest BCUT2D eigenvalue weighted by molar-refractivity contribution is 6.26. The van der Waals surface area contributed by atoms with Gasteiger partial charge in [0.2, 0.25) is 0 Å². The predicted molar refractivity (Wildman–Crippen MR) is 195 cm³/mol. The van der Waals surface area contributed by atoms with Gasteiger partial charge in [0.1, 0.15) is 30.6 Å². The van der Waals surface area contributed by atoms with Gasteiger partial charge in [0.05, 0.1) is 29.2 Å². The van der Waals surface area contributed by atoms with E-state index in [0.717, 1.165) is 5.56 Å². The summed E-state index contributed by atoms with van der Waals surface area (Å²) >= 11 is 0. The molecule has 1 saturated carbocycles. The van der Waals surface area contributed by atoms with E-state index < -0.39 is 84.4 Å². The molecule has 1 aromatic heterocycles. The fourth-order valence-electron chi connectivity index (χ4n) is 7.01. The van der Waals surface area contributed by atoms with Gasteiger partial charge >= 0.3 is 23.9 Å². The van der Waals surface area contributed by atoms with Crippen LogP contribution in [0.1, 0.15) is 111 Å². The number of fused-ring (bicyclic) bond motifs is 2. The number of benzene rings is 1. The number of hydrogen-bond donors (Lipinski definition) is 2. The van der Waals surface area contributed by atoms with Gasteiger partial charge in [-0.3, -0.25) is 24.0 Å². The molecule has 4 atom stereocenters. The Balaban J connectivity index is 1.49. The summed E-state index contributed by atoms with van der Waals surface area (Å²) in [6.07, 6.45) is 0.942. The third kappa shape index (κ3) is 9.03. The highest BCUT2D eigenvalue weighted by Gasteiger charge is 2.57. The number of Topliss-reactive ketones (excluding diaryl/α,β-unsaturated/α-hetero) is 2. The van der Waals surface area contributed by atoms with Crippen molar-refractivity contribution in [3.63, 3.8) is 0 Å². The largest absolute Gasteiger partial charge is 0.506 e. The monoisotopic (exact) mass is 733 g/mol. The number of aromatic nitrogens is 1. The minimum atomic E-state index is -1.41. The van der Waals surface area contributed by atoms with E-state index in [-0.39, 0.29) is 46.3 Å². The van der Waals surface area contributed by atoms with Gasteiger partial charge in [-0.25, -0.2) is 9.78 Å². The van der Waals surface area contributed by atoms with Crippen LogP contribution < -0.4 is 0 Å². The van der Waals surface area contributed by atoms with Crippen LogP contribution in [0.15, 0.2) is 47.6 Å². The number of pyridine rings is 1. The number of carboxylic acid groups (broad SMARTS) is 1. The highest BCUT2D eigenvalue weighted by Crippen LogP contribution is 2.51. The Hall–Kier alpha value is -4.87. The molecule has 1 heterocycles. The maximum atomic E-state index is 14.0. The van der Waals surface area contributed by atoms with Crippen LogP contribution in [0.3, 0.4) is 0 Å². The molecule has 0 amide bonds. The number of carbonyl (C=O) groups is 6. The number of aromatic hydroxyl groups is 1. The number of nitrogens with zero attached hydrogens (tertiary/aromatic N) is 1. The van der Waals surface area contributed by atoms with Gasteiger partial charge in [0.15, 0.2) is 17.7 Å². The van der Waals surface area contributed by atoms with Crippen molar-refractivity contribution in [2.45, 2.75) is 106 Å². The molecule has 0 aliphatic heterocycles. The smallest absolute Gasteiger partial charge is 0.334 e. The molecule has 4 unspecified atom stereocenters. The van der Waals surface area contributed by atoms with Gasteiger partial charge in [-0.05, 0) is 67.7 Å². The normalized spacial score (nSPS) is 20.4. The van der Waals surface area contributed by atoms with Gasteiger partial charge in [0, 0.05) is 16.5 Å². The predicted octanol–water partition coefficient (Wildman–Crippen LogP) is 6.52. The van der Waals surface area contributed by atoms with Crippen LogP contribution >= 0.6 is 0 Å². The van der Waals surface area contributed by atoms with Crippen LogP contribution in [-0.2, 0) is 43.0 Å². The Morgan fingerprint density at radius 2 is 1.62 bits per heavy atom. The van der Waals surface area contributed by atoms with Crippen LogP contribution in [0.5, 0.6) is 5.75 Å². The molecule has 0 radical (unpaired) electrons. The minimum Gasteiger partial charge on any atom is -0.506 e. The number of ether oxygens (including phenoxy) is 3. The molecule has 2 N–H and O–H groups in total. The van der Waals surface area contributed by atoms with Crippen molar-refractivity contribution in [1.29, 1.82) is 0 Å². The van der Waals surface area contributed by atoms with E-state index in [0.29, 0.717) is 17.3 Å². The van der Waals surface area contributed by atoms with E-state index in [2.05, 4.69) is 4.98 Å². The van der Waals surface area contributed by atoms with Crippen molar-refractivity contribution in [3.05, 3.63) is 58.8 Å². The molecule has 1 aromatic carbocycles. The second kappa shape index (κ2) is 15.6. The molecule has 2 aromatic rings. The zero-order chi connectivity index (χ0) is 39.6. The van der Waals surface area contributed by atoms with Crippen molar-refractivity contribution in [1.82, 2.24) is 4.98 Å². The van der Waals surface area contributed by atoms with Crippen LogP contribution in [-0.4, -0.2) is 70.0 Å². The van der Waals surface area contributed by atoms with Crippen LogP contribution in [0.4, 0.5) is 0 Å². The number of aliphatic carboxylic acids is 1. The van der Waals surface area contributed by atoms with Crippen LogP contribution in [0, 0.1) is 22.2 Å². The lowest BCUT2D eigenvalue weighted by molar-refractivity contribution is -0.173. The summed E-state index contributed by atoms with van der Waals surface area (Å²) in [6, 6.07) is 7.10. The number of allylic oxidation sites excluding steroid dienone is 3. The van der Waals surface area contributed by atoms with Crippen LogP contribution in [0.2, 0.25) is 0 Å². The van der Waals surface area contributed by atoms with Gasteiger partial charge in [-0.15, -0.1) is 0 Å². The first-order chi connectivity index (χ1) is 24.6. The lowest BCUT2D eigenvalue weighted by Gasteiger charge is -2.37. The molecular formula is C41H51NO11. The molecule has 0 spiro atoms. The number of ketones is 2. The van der Waals surface area contributed by atoms with E-state index in [1.165, 1.54) is 18.2 Å². The molecule has 12 heteroatoms. The van der Waals surface area contributed by atoms with E-state index in [1.807, 2.05) is 60.6 Å². The third-order valence-corrected chi connectivity index (χ3v) is 10.3. The van der Waals surface area contributed by atoms with E-state index in [9.17, 15) is 33.9 Å². The Morgan fingerprint density at radius 3 is 2.23 bits per heavy atom. The summed E-state index contributed by atoms with van der Waals surface area (Å²) in [6.45, 7) is 16.3. The lowest BCUT2D eigenvalue weighted by atomic mass is 9.69. The lowest BCUT2D eigenvalue weighted by Crippen LogP contribution is -2.40. The number of carbonyl (C=O) groups excluding carboxylic acids is 5. The van der Waals surface area contributed by atoms with E-state index >= 15 is 0 Å². The quantitative estimate of drug-likeness (QED) is 0.122. The van der Waals surface area contributed by atoms with Crippen molar-refractivity contribution in [2.24, 2.45) is 22.2 Å². The molecule has 2 aliphatic rings. The average Bonchev–Trinajstić information content (AvgIpc) is 3.26. The molecule has 2 aliphatic carbocycles. The Kier molecular flexibility index (Phi) is 12.1. The van der Waals surface area contributed by atoms with E-state index in [1.54, 1.807) is 19.9 Å². The molecule has 286 valence electrons. The fourth-order valence-corrected chi connectivity index (χ4v) is 7.01. The second-order valence-corrected chi connectivity index (χ2v) is 16.5. The topological polar surface area (TPSA) is 183 Å². The molecule has 12 nitrogen and oxygen atoms in total. The Labute approximate surface area is 310 Å². The van der Waals surface area contributed by atoms with Crippen molar-refractivity contribution in [2.75, 3.05) is 13.2 Å². The Morgan fingerprint density at radius 1 is 0.962 bits per heavy atom. The molecular weight excluding hydrogens is 682 g/mol. The third-order valence-electron chi connectivity index (χ3n) is 10.3. The molecule has 0 saturated heterocycles. The van der Waals surface area contributed by atoms with Crippen molar-refractivity contribution >= 4 is 46.3 Å². The zero-order valence-corrected chi connectivity index (χ0v) is 32.0. The second-order valence-electron chi connectivity index (χ2n) is 16.5. The van der Waals surface area contributed by atoms with Gasteiger partial charge in [-0.2, -0.15) is 0 Å². The highest BCUT2D eigenvalue weighted by atomic mass is 16.6.